The van der Waals surface area contributed by atoms with Crippen LogP contribution in [-0.4, -0.2) is 38.4 Å². The monoisotopic (exact) mass is 530 g/mol. The lowest BCUT2D eigenvalue weighted by Gasteiger charge is -2.22. The Balaban J connectivity index is 1.54. The van der Waals surface area contributed by atoms with Gasteiger partial charge in [0.15, 0.2) is 0 Å². The van der Waals surface area contributed by atoms with Gasteiger partial charge in [-0.2, -0.15) is 5.26 Å². The second-order valence-electron chi connectivity index (χ2n) is 9.86. The molecule has 1 atom stereocenters. The van der Waals surface area contributed by atoms with Crippen molar-refractivity contribution in [2.75, 3.05) is 18.4 Å². The Labute approximate surface area is 233 Å². The Bertz CT molecular complexity index is 1720. The number of hydrogen-bond acceptors (Lipinski definition) is 6. The molecule has 8 nitrogen and oxygen atoms in total. The van der Waals surface area contributed by atoms with Gasteiger partial charge in [-0.3, -0.25) is 14.2 Å². The highest BCUT2D eigenvalue weighted by atomic mass is 16.2. The molecule has 40 heavy (non-hydrogen) atoms. The molecule has 1 aliphatic rings. The zero-order valence-electron chi connectivity index (χ0n) is 22.6. The molecule has 0 radical (unpaired) electrons. The molecule has 5 rings (SSSR count). The van der Waals surface area contributed by atoms with Crippen LogP contribution in [0.1, 0.15) is 61.3 Å². The van der Waals surface area contributed by atoms with Crippen molar-refractivity contribution in [2.24, 2.45) is 0 Å². The summed E-state index contributed by atoms with van der Waals surface area (Å²) < 4.78 is 1.68. The molecule has 1 N–H and O–H groups in total. The molecule has 200 valence electrons. The van der Waals surface area contributed by atoms with E-state index in [1.54, 1.807) is 11.5 Å². The third kappa shape index (κ3) is 5.57. The van der Waals surface area contributed by atoms with Gasteiger partial charge in [-0.25, -0.2) is 9.97 Å². The van der Waals surface area contributed by atoms with E-state index >= 15 is 0 Å². The zero-order valence-corrected chi connectivity index (χ0v) is 22.6. The maximum absolute atomic E-state index is 14.1. The van der Waals surface area contributed by atoms with E-state index in [1.165, 1.54) is 6.20 Å². The summed E-state index contributed by atoms with van der Waals surface area (Å²) in [5.74, 6) is 7.37. The summed E-state index contributed by atoms with van der Waals surface area (Å²) in [7, 11) is 0. The fourth-order valence-electron chi connectivity index (χ4n) is 5.04. The first-order valence-electron chi connectivity index (χ1n) is 13.5. The molecule has 2 aromatic carbocycles. The number of hydrogen-bond donors (Lipinski definition) is 1. The van der Waals surface area contributed by atoms with Gasteiger partial charge in [0.25, 0.3) is 5.56 Å². The van der Waals surface area contributed by atoms with Crippen LogP contribution in [0.5, 0.6) is 0 Å². The van der Waals surface area contributed by atoms with Gasteiger partial charge < -0.3 is 10.2 Å². The van der Waals surface area contributed by atoms with E-state index in [4.69, 9.17) is 0 Å². The molecule has 1 amide bonds. The number of aryl methyl sites for hydroxylation is 1. The standard InChI is InChI=1S/C32H30N6O2/c1-22(35-31-26(20-33)21-34-23(2)36-31)28-19-25-13-10-12-24(11-6-7-16-29(39)37-17-8-9-18-37)30(25)32(40)38(28)27-14-4-3-5-15-27/h3-5,10,12-15,19,21-22H,7-9,16-18H2,1-2H3,(H,34,35,36)/t22-/m0/s1. The normalized spacial score (nSPS) is 13.4. The SMILES string of the molecule is Cc1ncc(C#N)c(N[C@@H](C)c2cc3cccc(C#CCCC(=O)N4CCCC4)c3c(=O)n2-c2ccccc2)n1. The highest BCUT2D eigenvalue weighted by molar-refractivity contribution is 5.88. The van der Waals surface area contributed by atoms with E-state index in [0.717, 1.165) is 37.0 Å². The predicted molar refractivity (Wildman–Crippen MR) is 155 cm³/mol. The lowest BCUT2D eigenvalue weighted by Crippen LogP contribution is -2.27. The van der Waals surface area contributed by atoms with Crippen molar-refractivity contribution in [1.29, 1.82) is 5.26 Å². The number of fused-ring (bicyclic) bond motifs is 1. The number of para-hydroxylation sites is 1. The number of aromatic nitrogens is 3. The third-order valence-electron chi connectivity index (χ3n) is 7.06. The van der Waals surface area contributed by atoms with Crippen molar-refractivity contribution in [3.63, 3.8) is 0 Å². The number of carbonyl (C=O) groups is 1. The molecular weight excluding hydrogens is 500 g/mol. The van der Waals surface area contributed by atoms with Crippen molar-refractivity contribution < 1.29 is 4.79 Å². The summed E-state index contributed by atoms with van der Waals surface area (Å²) in [5.41, 5.74) is 2.20. The summed E-state index contributed by atoms with van der Waals surface area (Å²) in [6.07, 6.45) is 4.44. The number of likely N-dealkylation sites (tertiary alicyclic amines) is 1. The number of nitrogens with one attached hydrogen (secondary N) is 1. The second kappa shape index (κ2) is 11.8. The quantitative estimate of drug-likeness (QED) is 0.356. The molecular formula is C32H30N6O2. The lowest BCUT2D eigenvalue weighted by molar-refractivity contribution is -0.129. The van der Waals surface area contributed by atoms with Crippen LogP contribution >= 0.6 is 0 Å². The molecule has 4 aromatic rings. The van der Waals surface area contributed by atoms with Gasteiger partial charge in [-0.15, -0.1) is 0 Å². The molecule has 0 bridgehead atoms. The Morgan fingerprint density at radius 3 is 2.62 bits per heavy atom. The molecule has 0 spiro atoms. The zero-order chi connectivity index (χ0) is 28.1. The van der Waals surface area contributed by atoms with Gasteiger partial charge in [0, 0.05) is 42.9 Å². The Hall–Kier alpha value is -4.95. The number of nitriles is 1. The average molecular weight is 531 g/mol. The summed E-state index contributed by atoms with van der Waals surface area (Å²) >= 11 is 0. The van der Waals surface area contributed by atoms with E-state index in [1.807, 2.05) is 66.4 Å². The van der Waals surface area contributed by atoms with Crippen molar-refractivity contribution >= 4 is 22.5 Å². The molecule has 3 heterocycles. The molecule has 8 heteroatoms. The molecule has 0 saturated carbocycles. The Morgan fingerprint density at radius 1 is 1.10 bits per heavy atom. The first-order valence-corrected chi connectivity index (χ1v) is 13.5. The van der Waals surface area contributed by atoms with Gasteiger partial charge >= 0.3 is 0 Å². The third-order valence-corrected chi connectivity index (χ3v) is 7.06. The summed E-state index contributed by atoms with van der Waals surface area (Å²) in [6, 6.07) is 18.8. The maximum atomic E-state index is 14.1. The predicted octanol–water partition coefficient (Wildman–Crippen LogP) is 4.89. The van der Waals surface area contributed by atoms with Crippen LogP contribution in [0.4, 0.5) is 5.82 Å². The van der Waals surface area contributed by atoms with Crippen LogP contribution in [-0.2, 0) is 4.79 Å². The molecule has 1 fully saturated rings. The minimum atomic E-state index is -0.370. The molecule has 2 aromatic heterocycles. The van der Waals surface area contributed by atoms with Crippen molar-refractivity contribution in [3.05, 3.63) is 93.8 Å². The summed E-state index contributed by atoms with van der Waals surface area (Å²) in [4.78, 5) is 37.0. The van der Waals surface area contributed by atoms with Gasteiger partial charge in [0.2, 0.25) is 5.91 Å². The number of amides is 1. The van der Waals surface area contributed by atoms with E-state index in [9.17, 15) is 14.9 Å². The maximum Gasteiger partial charge on any atom is 0.264 e. The topological polar surface area (TPSA) is 104 Å². The van der Waals surface area contributed by atoms with Crippen LogP contribution in [0, 0.1) is 30.1 Å². The van der Waals surface area contributed by atoms with E-state index < -0.39 is 0 Å². The highest BCUT2D eigenvalue weighted by Crippen LogP contribution is 2.26. The number of nitrogens with zero attached hydrogens (tertiary/aromatic N) is 5. The van der Waals surface area contributed by atoms with Gasteiger partial charge in [-0.1, -0.05) is 42.2 Å². The van der Waals surface area contributed by atoms with Gasteiger partial charge in [0.1, 0.15) is 23.3 Å². The Kier molecular flexibility index (Phi) is 7.89. The fourth-order valence-corrected chi connectivity index (χ4v) is 5.04. The number of pyridine rings is 1. The summed E-state index contributed by atoms with van der Waals surface area (Å²) in [5, 5.41) is 14.2. The van der Waals surface area contributed by atoms with Crippen molar-refractivity contribution in [1.82, 2.24) is 19.4 Å². The average Bonchev–Trinajstić information content (AvgIpc) is 3.51. The molecule has 1 saturated heterocycles. The molecule has 0 unspecified atom stereocenters. The van der Waals surface area contributed by atoms with Gasteiger partial charge in [-0.05, 0) is 56.3 Å². The number of carbonyl (C=O) groups excluding carboxylic acids is 1. The summed E-state index contributed by atoms with van der Waals surface area (Å²) in [6.45, 7) is 5.36. The first kappa shape index (κ1) is 26.6. The number of anilines is 1. The van der Waals surface area contributed by atoms with E-state index in [0.29, 0.717) is 46.7 Å². The van der Waals surface area contributed by atoms with Crippen LogP contribution in [0.15, 0.2) is 65.6 Å². The van der Waals surface area contributed by atoms with Crippen LogP contribution in [0.2, 0.25) is 0 Å². The molecule has 0 aliphatic carbocycles. The highest BCUT2D eigenvalue weighted by Gasteiger charge is 2.20. The van der Waals surface area contributed by atoms with Gasteiger partial charge in [0.05, 0.1) is 17.6 Å². The van der Waals surface area contributed by atoms with Crippen LogP contribution in [0.3, 0.4) is 0 Å². The van der Waals surface area contributed by atoms with E-state index in [2.05, 4.69) is 33.2 Å². The number of benzene rings is 2. The first-order chi connectivity index (χ1) is 19.5. The fraction of sp³-hybridized carbons (Fsp3) is 0.281. The molecule has 1 aliphatic heterocycles. The Morgan fingerprint density at radius 2 is 1.88 bits per heavy atom. The van der Waals surface area contributed by atoms with Crippen LogP contribution in [0.25, 0.3) is 16.5 Å². The second-order valence-corrected chi connectivity index (χ2v) is 9.86. The van der Waals surface area contributed by atoms with Crippen LogP contribution < -0.4 is 10.9 Å². The minimum absolute atomic E-state index is 0.140. The van der Waals surface area contributed by atoms with E-state index in [-0.39, 0.29) is 17.5 Å². The van der Waals surface area contributed by atoms with Crippen molar-refractivity contribution in [3.8, 4) is 23.6 Å². The minimum Gasteiger partial charge on any atom is -0.361 e. The lowest BCUT2D eigenvalue weighted by atomic mass is 10.0. The smallest absolute Gasteiger partial charge is 0.264 e. The largest absolute Gasteiger partial charge is 0.361 e. The number of rotatable bonds is 6. The van der Waals surface area contributed by atoms with Crippen molar-refractivity contribution in [2.45, 2.75) is 45.6 Å².